The monoisotopic (exact) mass is 305 g/mol. The van der Waals surface area contributed by atoms with Gasteiger partial charge in [0.1, 0.15) is 0 Å². The van der Waals surface area contributed by atoms with Crippen LogP contribution >= 0.6 is 11.6 Å². The molecule has 0 radical (unpaired) electrons. The minimum Gasteiger partial charge on any atom is -0.385 e. The average molecular weight is 306 g/mol. The molecule has 0 aromatic heterocycles. The average Bonchev–Trinajstić information content (AvgIpc) is 2.34. The summed E-state index contributed by atoms with van der Waals surface area (Å²) in [6, 6.07) is 6.90. The van der Waals surface area contributed by atoms with Crippen molar-refractivity contribution in [1.82, 2.24) is 4.72 Å². The number of benzene rings is 1. The van der Waals surface area contributed by atoms with E-state index in [0.29, 0.717) is 18.1 Å². The zero-order valence-electron chi connectivity index (χ0n) is 11.2. The molecule has 1 atom stereocenters. The minimum absolute atomic E-state index is 0.112. The lowest BCUT2D eigenvalue weighted by atomic mass is 10.1. The summed E-state index contributed by atoms with van der Waals surface area (Å²) in [6.45, 7) is 2.39. The fourth-order valence-electron chi connectivity index (χ4n) is 1.71. The summed E-state index contributed by atoms with van der Waals surface area (Å²) >= 11 is 5.89. The van der Waals surface area contributed by atoms with Crippen LogP contribution in [0.4, 0.5) is 0 Å². The molecule has 1 unspecified atom stereocenters. The quantitative estimate of drug-likeness (QED) is 0.751. The van der Waals surface area contributed by atoms with Crippen molar-refractivity contribution in [3.8, 4) is 0 Å². The smallest absolute Gasteiger partial charge is 0.212 e. The zero-order valence-corrected chi connectivity index (χ0v) is 12.8. The summed E-state index contributed by atoms with van der Waals surface area (Å²) < 4.78 is 31.3. The summed E-state index contributed by atoms with van der Waals surface area (Å²) in [5.74, 6) is 0.112. The van der Waals surface area contributed by atoms with Crippen LogP contribution in [0.1, 0.15) is 31.4 Å². The minimum atomic E-state index is -3.27. The number of methoxy groups -OCH3 is 1. The van der Waals surface area contributed by atoms with Gasteiger partial charge in [0.2, 0.25) is 10.0 Å². The van der Waals surface area contributed by atoms with Crippen LogP contribution in [0, 0.1) is 0 Å². The predicted molar refractivity (Wildman–Crippen MR) is 77.9 cm³/mol. The van der Waals surface area contributed by atoms with E-state index in [9.17, 15) is 8.42 Å². The molecule has 0 fully saturated rings. The van der Waals surface area contributed by atoms with Crippen molar-refractivity contribution >= 4 is 21.6 Å². The first-order valence-electron chi connectivity index (χ1n) is 6.19. The third-order valence-corrected chi connectivity index (χ3v) is 4.49. The number of halogens is 1. The Hall–Kier alpha value is -0.620. The Kier molecular flexibility index (Phi) is 6.79. The number of rotatable bonds is 8. The Morgan fingerprint density at radius 1 is 1.37 bits per heavy atom. The first-order chi connectivity index (χ1) is 8.94. The lowest BCUT2D eigenvalue weighted by Gasteiger charge is -2.14. The highest BCUT2D eigenvalue weighted by Crippen LogP contribution is 2.18. The van der Waals surface area contributed by atoms with Gasteiger partial charge in [-0.05, 0) is 37.5 Å². The highest BCUT2D eigenvalue weighted by atomic mass is 35.5. The molecule has 0 saturated carbocycles. The number of sulfonamides is 1. The van der Waals surface area contributed by atoms with E-state index >= 15 is 0 Å². The Morgan fingerprint density at radius 2 is 2.11 bits per heavy atom. The molecule has 0 saturated heterocycles. The van der Waals surface area contributed by atoms with Gasteiger partial charge < -0.3 is 4.74 Å². The molecular weight excluding hydrogens is 286 g/mol. The zero-order chi connectivity index (χ0) is 14.3. The van der Waals surface area contributed by atoms with Gasteiger partial charge in [-0.1, -0.05) is 23.7 Å². The molecule has 19 heavy (non-hydrogen) atoms. The molecule has 1 aromatic rings. The van der Waals surface area contributed by atoms with Gasteiger partial charge in [0, 0.05) is 24.8 Å². The molecule has 0 aliphatic carbocycles. The first kappa shape index (κ1) is 16.4. The maximum atomic E-state index is 11.9. The fourth-order valence-corrected chi connectivity index (χ4v) is 3.29. The number of hydrogen-bond donors (Lipinski definition) is 1. The van der Waals surface area contributed by atoms with Crippen molar-refractivity contribution in [3.05, 3.63) is 34.9 Å². The second kappa shape index (κ2) is 7.85. The highest BCUT2D eigenvalue weighted by molar-refractivity contribution is 7.89. The molecule has 0 heterocycles. The Bertz CT molecular complexity index is 490. The van der Waals surface area contributed by atoms with E-state index in [-0.39, 0.29) is 11.8 Å². The molecular formula is C13H20ClNO3S. The SMILES string of the molecule is COCCCCS(=O)(=O)NC(C)c1cccc(Cl)c1. The topological polar surface area (TPSA) is 55.4 Å². The maximum Gasteiger partial charge on any atom is 0.212 e. The van der Waals surface area contributed by atoms with Gasteiger partial charge in [0.05, 0.1) is 5.75 Å². The summed E-state index contributed by atoms with van der Waals surface area (Å²) in [5, 5.41) is 0.601. The molecule has 0 spiro atoms. The van der Waals surface area contributed by atoms with Gasteiger partial charge in [-0.3, -0.25) is 0 Å². The van der Waals surface area contributed by atoms with Crippen LogP contribution in [0.5, 0.6) is 0 Å². The Morgan fingerprint density at radius 3 is 2.74 bits per heavy atom. The third-order valence-electron chi connectivity index (χ3n) is 2.72. The number of unbranched alkanes of at least 4 members (excludes halogenated alkanes) is 1. The van der Waals surface area contributed by atoms with Crippen molar-refractivity contribution in [2.75, 3.05) is 19.5 Å². The van der Waals surface area contributed by atoms with Crippen molar-refractivity contribution < 1.29 is 13.2 Å². The maximum absolute atomic E-state index is 11.9. The van der Waals surface area contributed by atoms with E-state index in [2.05, 4.69) is 4.72 Å². The lowest BCUT2D eigenvalue weighted by molar-refractivity contribution is 0.194. The molecule has 0 aliphatic heterocycles. The second-order valence-electron chi connectivity index (χ2n) is 4.41. The number of nitrogens with one attached hydrogen (secondary N) is 1. The second-order valence-corrected chi connectivity index (χ2v) is 6.72. The van der Waals surface area contributed by atoms with Crippen LogP contribution in [0.2, 0.25) is 5.02 Å². The lowest BCUT2D eigenvalue weighted by Crippen LogP contribution is -2.29. The van der Waals surface area contributed by atoms with Crippen molar-refractivity contribution in [2.24, 2.45) is 0 Å². The Balaban J connectivity index is 2.53. The van der Waals surface area contributed by atoms with E-state index in [1.54, 1.807) is 32.2 Å². The molecule has 108 valence electrons. The molecule has 1 N–H and O–H groups in total. The number of ether oxygens (including phenoxy) is 1. The van der Waals surface area contributed by atoms with Crippen LogP contribution in [-0.4, -0.2) is 27.9 Å². The standard InChI is InChI=1S/C13H20ClNO3S/c1-11(12-6-5-7-13(14)10-12)15-19(16,17)9-4-3-8-18-2/h5-7,10-11,15H,3-4,8-9H2,1-2H3. The van der Waals surface area contributed by atoms with Gasteiger partial charge in [-0.25, -0.2) is 13.1 Å². The molecule has 6 heteroatoms. The number of hydrogen-bond acceptors (Lipinski definition) is 3. The molecule has 4 nitrogen and oxygen atoms in total. The molecule has 1 rings (SSSR count). The van der Waals surface area contributed by atoms with Crippen LogP contribution in [-0.2, 0) is 14.8 Å². The van der Waals surface area contributed by atoms with E-state index in [0.717, 1.165) is 12.0 Å². The summed E-state index contributed by atoms with van der Waals surface area (Å²) in [6.07, 6.45) is 1.33. The van der Waals surface area contributed by atoms with Gasteiger partial charge in [-0.15, -0.1) is 0 Å². The van der Waals surface area contributed by atoms with Crippen molar-refractivity contribution in [2.45, 2.75) is 25.8 Å². The van der Waals surface area contributed by atoms with Crippen LogP contribution in [0.25, 0.3) is 0 Å². The first-order valence-corrected chi connectivity index (χ1v) is 8.22. The predicted octanol–water partition coefficient (Wildman–Crippen LogP) is 2.75. The molecule has 0 amide bonds. The van der Waals surface area contributed by atoms with E-state index in [1.165, 1.54) is 0 Å². The Labute approximate surface area is 120 Å². The largest absolute Gasteiger partial charge is 0.385 e. The summed E-state index contributed by atoms with van der Waals surface area (Å²) in [5.41, 5.74) is 0.855. The van der Waals surface area contributed by atoms with Crippen molar-refractivity contribution in [3.63, 3.8) is 0 Å². The normalized spacial score (nSPS) is 13.4. The molecule has 0 aliphatic rings. The van der Waals surface area contributed by atoms with Gasteiger partial charge in [0.15, 0.2) is 0 Å². The van der Waals surface area contributed by atoms with Crippen molar-refractivity contribution in [1.29, 1.82) is 0 Å². The van der Waals surface area contributed by atoms with E-state index in [4.69, 9.17) is 16.3 Å². The molecule has 1 aromatic carbocycles. The summed E-state index contributed by atoms with van der Waals surface area (Å²) in [4.78, 5) is 0. The van der Waals surface area contributed by atoms with Gasteiger partial charge in [0.25, 0.3) is 0 Å². The highest BCUT2D eigenvalue weighted by Gasteiger charge is 2.15. The fraction of sp³-hybridized carbons (Fsp3) is 0.538. The van der Waals surface area contributed by atoms with Gasteiger partial charge in [-0.2, -0.15) is 0 Å². The van der Waals surface area contributed by atoms with Crippen LogP contribution in [0.3, 0.4) is 0 Å². The van der Waals surface area contributed by atoms with E-state index in [1.807, 2.05) is 6.07 Å². The molecule has 0 bridgehead atoms. The van der Waals surface area contributed by atoms with E-state index < -0.39 is 10.0 Å². The third kappa shape index (κ3) is 6.38. The van der Waals surface area contributed by atoms with Crippen LogP contribution in [0.15, 0.2) is 24.3 Å². The van der Waals surface area contributed by atoms with Gasteiger partial charge >= 0.3 is 0 Å². The van der Waals surface area contributed by atoms with Crippen LogP contribution < -0.4 is 4.72 Å². The summed E-state index contributed by atoms with van der Waals surface area (Å²) in [7, 11) is -1.67.